The molecule has 2 rings (SSSR count). The fourth-order valence-corrected chi connectivity index (χ4v) is 16.2. The Morgan fingerprint density at radius 3 is 1.05 bits per heavy atom. The summed E-state index contributed by atoms with van der Waals surface area (Å²) < 4.78 is 28.5. The molecule has 16 heteroatoms. The van der Waals surface area contributed by atoms with Crippen molar-refractivity contribution in [2.24, 2.45) is 17.2 Å². The van der Waals surface area contributed by atoms with Crippen LogP contribution in [0.25, 0.3) is 0 Å². The van der Waals surface area contributed by atoms with E-state index in [4.69, 9.17) is 36.1 Å². The quantitative estimate of drug-likeness (QED) is 0.0199. The molecular formula is C82H163N3O13. The van der Waals surface area contributed by atoms with Gasteiger partial charge in [0.2, 0.25) is 0 Å². The third-order valence-corrected chi connectivity index (χ3v) is 22.7. The van der Waals surface area contributed by atoms with Gasteiger partial charge in [0.1, 0.15) is 65.8 Å². The lowest BCUT2D eigenvalue weighted by Gasteiger charge is -2.68. The molecule has 0 aromatic carbocycles. The largest absolute Gasteiger partial charge is 0.394 e. The van der Waals surface area contributed by atoms with Crippen molar-refractivity contribution in [3.63, 3.8) is 0 Å². The number of hydrogen-bond donors (Lipinski definition) is 11. The number of aliphatic hydroxyl groups excluding tert-OH is 7. The zero-order valence-electron chi connectivity index (χ0n) is 64.2. The summed E-state index contributed by atoms with van der Waals surface area (Å²) in [5.74, 6) is -2.13. The number of unbranched alkanes of at least 4 members (excludes halogenated alkanes) is 52. The summed E-state index contributed by atoms with van der Waals surface area (Å²) in [7, 11) is 0. The molecule has 584 valence electrons. The summed E-state index contributed by atoms with van der Waals surface area (Å²) in [6.45, 7) is 6.72. The van der Waals surface area contributed by atoms with Crippen molar-refractivity contribution in [2.45, 2.75) is 497 Å². The number of rotatable bonds is 71. The SMILES string of the molecule is CCCCCCCCCCCCCCCC[C@]1(O[C@@H]([C@H](O)[C@@H](N)C=O)[C@H](O)CO)O[C@H](CO)[C@](CCCCCCCCCCCCCCCC)(O[C@@H]2O[C@H](CO)[C@@H](O)[C@H](O)[C@H]2N)[C@@](O)(CCCCCCCCCCCCCCCC)[C@]1(N)CCCCCCCCCCCCCCCC. The van der Waals surface area contributed by atoms with Gasteiger partial charge in [-0.3, -0.25) is 0 Å². The molecule has 16 nitrogen and oxygen atoms in total. The third-order valence-electron chi connectivity index (χ3n) is 22.7. The summed E-state index contributed by atoms with van der Waals surface area (Å²) in [5, 5.41) is 95.6. The first-order chi connectivity index (χ1) is 47.6. The van der Waals surface area contributed by atoms with Gasteiger partial charge in [0, 0.05) is 6.42 Å². The third kappa shape index (κ3) is 35.0. The van der Waals surface area contributed by atoms with Crippen LogP contribution in [0.5, 0.6) is 0 Å². The summed E-state index contributed by atoms with van der Waals surface area (Å²) in [4.78, 5) is 12.5. The maximum absolute atomic E-state index is 15.2. The van der Waals surface area contributed by atoms with E-state index < -0.39 is 103 Å². The van der Waals surface area contributed by atoms with Crippen LogP contribution in [0.1, 0.15) is 413 Å². The van der Waals surface area contributed by atoms with Gasteiger partial charge in [0.15, 0.2) is 12.1 Å². The smallest absolute Gasteiger partial charge is 0.190 e. The van der Waals surface area contributed by atoms with Crippen molar-refractivity contribution >= 4 is 6.29 Å². The zero-order chi connectivity index (χ0) is 71.9. The Labute approximate surface area is 601 Å². The Morgan fingerprint density at radius 1 is 0.439 bits per heavy atom. The summed E-state index contributed by atoms with van der Waals surface area (Å²) >= 11 is 0. The minimum Gasteiger partial charge on any atom is -0.394 e. The molecule has 0 aromatic rings. The van der Waals surface area contributed by atoms with Crippen LogP contribution in [0.2, 0.25) is 0 Å². The van der Waals surface area contributed by atoms with Crippen molar-refractivity contribution < 1.29 is 64.6 Å². The molecule has 0 aromatic heterocycles. The van der Waals surface area contributed by atoms with Gasteiger partial charge in [0.05, 0.1) is 31.9 Å². The molecule has 2 heterocycles. The van der Waals surface area contributed by atoms with E-state index >= 15 is 5.11 Å². The number of aldehydes is 1. The van der Waals surface area contributed by atoms with E-state index in [2.05, 4.69) is 27.7 Å². The average molecular weight is 1400 g/mol. The highest BCUT2D eigenvalue weighted by molar-refractivity contribution is 5.58. The number of aliphatic hydroxyl groups is 8. The van der Waals surface area contributed by atoms with E-state index in [0.29, 0.717) is 32.0 Å². The normalized spacial score (nSPS) is 25.7. The predicted molar refractivity (Wildman–Crippen MR) is 404 cm³/mol. The lowest BCUT2D eigenvalue weighted by atomic mass is 9.55. The molecule has 0 saturated carbocycles. The fraction of sp³-hybridized carbons (Fsp3) is 0.988. The monoisotopic (exact) mass is 1400 g/mol. The second kappa shape index (κ2) is 59.2. The van der Waals surface area contributed by atoms with E-state index in [1.807, 2.05) is 0 Å². The molecule has 0 amide bonds. The summed E-state index contributed by atoms with van der Waals surface area (Å²) in [5.41, 5.74) is 15.5. The highest BCUT2D eigenvalue weighted by Crippen LogP contribution is 2.59. The lowest BCUT2D eigenvalue weighted by Crippen LogP contribution is -2.89. The molecule has 14 atom stereocenters. The molecule has 2 fully saturated rings. The Morgan fingerprint density at radius 2 is 0.745 bits per heavy atom. The van der Waals surface area contributed by atoms with E-state index in [1.54, 1.807) is 0 Å². The summed E-state index contributed by atoms with van der Waals surface area (Å²) in [6, 6.07) is -2.94. The van der Waals surface area contributed by atoms with Crippen LogP contribution >= 0.6 is 0 Å². The molecule has 0 spiro atoms. The number of carbonyl (C=O) groups is 1. The molecule has 0 aliphatic carbocycles. The molecule has 0 bridgehead atoms. The molecule has 14 N–H and O–H groups in total. The van der Waals surface area contributed by atoms with Crippen LogP contribution in [0.15, 0.2) is 0 Å². The van der Waals surface area contributed by atoms with Crippen molar-refractivity contribution in [3.8, 4) is 0 Å². The Kier molecular flexibility index (Phi) is 56.3. The fourth-order valence-electron chi connectivity index (χ4n) is 16.2. The van der Waals surface area contributed by atoms with E-state index in [0.717, 1.165) is 128 Å². The van der Waals surface area contributed by atoms with Crippen LogP contribution in [-0.4, -0.2) is 151 Å². The maximum Gasteiger partial charge on any atom is 0.190 e. The van der Waals surface area contributed by atoms with Crippen molar-refractivity contribution in [2.75, 3.05) is 19.8 Å². The molecule has 2 saturated heterocycles. The van der Waals surface area contributed by atoms with E-state index in [9.17, 15) is 40.5 Å². The first kappa shape index (κ1) is 93.2. The lowest BCUT2D eigenvalue weighted by molar-refractivity contribution is -0.449. The van der Waals surface area contributed by atoms with Gasteiger partial charge >= 0.3 is 0 Å². The van der Waals surface area contributed by atoms with Crippen molar-refractivity contribution in [1.82, 2.24) is 0 Å². The number of hydrogen-bond acceptors (Lipinski definition) is 16. The van der Waals surface area contributed by atoms with Gasteiger partial charge in [-0.1, -0.05) is 381 Å². The Bertz CT molecular complexity index is 1790. The van der Waals surface area contributed by atoms with Crippen LogP contribution < -0.4 is 17.2 Å². The van der Waals surface area contributed by atoms with Gasteiger partial charge in [0.25, 0.3) is 0 Å². The molecule has 98 heavy (non-hydrogen) atoms. The van der Waals surface area contributed by atoms with Gasteiger partial charge in [-0.05, 0) is 25.7 Å². The second-order valence-corrected chi connectivity index (χ2v) is 31.1. The zero-order valence-corrected chi connectivity index (χ0v) is 64.2. The minimum absolute atomic E-state index is 0.0290. The van der Waals surface area contributed by atoms with Crippen LogP contribution in [0, 0.1) is 0 Å². The summed E-state index contributed by atoms with van der Waals surface area (Å²) in [6.07, 6.45) is 50.1. The van der Waals surface area contributed by atoms with Crippen molar-refractivity contribution in [1.29, 1.82) is 0 Å². The maximum atomic E-state index is 15.2. The molecule has 0 radical (unpaired) electrons. The highest BCUT2D eigenvalue weighted by atomic mass is 16.8. The average Bonchev–Trinajstić information content (AvgIpc) is 0.679. The van der Waals surface area contributed by atoms with Gasteiger partial charge in [-0.25, -0.2) is 0 Å². The van der Waals surface area contributed by atoms with Crippen LogP contribution in [0.3, 0.4) is 0 Å². The molecular weight excluding hydrogens is 1230 g/mol. The minimum atomic E-state index is -2.21. The van der Waals surface area contributed by atoms with Gasteiger partial charge in [-0.15, -0.1) is 0 Å². The highest BCUT2D eigenvalue weighted by Gasteiger charge is 2.77. The number of nitrogens with two attached hydrogens (primary N) is 3. The number of ether oxygens (including phenoxy) is 4. The van der Waals surface area contributed by atoms with Gasteiger partial charge < -0.3 is 81.8 Å². The second-order valence-electron chi connectivity index (χ2n) is 31.1. The van der Waals surface area contributed by atoms with E-state index in [-0.39, 0.29) is 25.7 Å². The Hall–Kier alpha value is -0.930. The Balaban J connectivity index is 2.85. The molecule has 0 unspecified atom stereocenters. The van der Waals surface area contributed by atoms with Gasteiger partial charge in [-0.2, -0.15) is 0 Å². The first-order valence-corrected chi connectivity index (χ1v) is 42.4. The predicted octanol–water partition coefficient (Wildman–Crippen LogP) is 17.1. The topological polar surface area (TPSA) is 294 Å². The van der Waals surface area contributed by atoms with E-state index in [1.165, 1.54) is 205 Å². The van der Waals surface area contributed by atoms with Crippen LogP contribution in [0.4, 0.5) is 0 Å². The molecule has 2 aliphatic rings. The number of carbonyl (C=O) groups excluding carboxylic acids is 1. The first-order valence-electron chi connectivity index (χ1n) is 42.4. The standard InChI is InChI=1S/C82H163N3O13/c1-5-9-13-17-21-25-29-33-37-41-45-49-53-57-61-79(98-78-73(84)76(93)75(92)71(67-88)95-78)72(68-89)96-82(97-77(70(90)66-87)74(91)69(83)65-86,64-60-56-52-48-44-40-36-32-28-24-20-16-12-8-4)80(85,62-58-54-50-46-42-38-34-30-26-22-18-14-10-6-2)81(79,94)63-59-55-51-47-43-39-35-31-27-23-19-15-11-7-3/h65,69-78,87-94H,5-64,66-68,83-85H2,1-4H3/t69-,70+,71+,72+,73+,74+,75+,76+,77+,78-,79-,80+,81-,82+/m0/s1. The van der Waals surface area contributed by atoms with Crippen molar-refractivity contribution in [3.05, 3.63) is 0 Å². The van der Waals surface area contributed by atoms with Crippen LogP contribution in [-0.2, 0) is 23.7 Å². The molecule has 2 aliphatic heterocycles.